The first-order valence-corrected chi connectivity index (χ1v) is 6.53. The van der Waals surface area contributed by atoms with Crippen LogP contribution in [-0.2, 0) is 0 Å². The highest BCUT2D eigenvalue weighted by molar-refractivity contribution is 5.69. The number of benzene rings is 1. The monoisotopic (exact) mass is 239 g/mol. The zero-order valence-corrected chi connectivity index (χ0v) is 11.9. The number of hydrogen-bond donors (Lipinski definition) is 0. The van der Waals surface area contributed by atoms with Gasteiger partial charge in [-0.3, -0.25) is 4.98 Å². The summed E-state index contributed by atoms with van der Waals surface area (Å²) >= 11 is 0. The quantitative estimate of drug-likeness (QED) is 0.733. The van der Waals surface area contributed by atoms with Gasteiger partial charge in [0.15, 0.2) is 0 Å². The average molecular weight is 239 g/mol. The molecule has 0 radical (unpaired) electrons. The van der Waals surface area contributed by atoms with Gasteiger partial charge in [-0.15, -0.1) is 0 Å². The van der Waals surface area contributed by atoms with Crippen molar-refractivity contribution < 1.29 is 0 Å². The van der Waals surface area contributed by atoms with Crippen molar-refractivity contribution in [3.8, 4) is 11.1 Å². The molecule has 0 bridgehead atoms. The zero-order valence-electron chi connectivity index (χ0n) is 11.9. The molecule has 2 rings (SSSR count). The van der Waals surface area contributed by atoms with Crippen LogP contribution in [0.4, 0.5) is 0 Å². The molecule has 2 aromatic rings. The maximum Gasteiger partial charge on any atom is 0.0378 e. The van der Waals surface area contributed by atoms with E-state index in [9.17, 15) is 0 Å². The Morgan fingerprint density at radius 3 is 2.33 bits per heavy atom. The summed E-state index contributed by atoms with van der Waals surface area (Å²) in [4.78, 5) is 4.27. The van der Waals surface area contributed by atoms with Gasteiger partial charge >= 0.3 is 0 Å². The van der Waals surface area contributed by atoms with E-state index < -0.39 is 0 Å². The molecule has 0 N–H and O–H groups in total. The highest BCUT2D eigenvalue weighted by Gasteiger charge is 2.10. The lowest BCUT2D eigenvalue weighted by Crippen LogP contribution is -1.97. The van der Waals surface area contributed by atoms with E-state index in [1.54, 1.807) is 0 Å². The average Bonchev–Trinajstić information content (AvgIpc) is 2.31. The number of rotatable bonds is 2. The number of nitrogens with zero attached hydrogens (tertiary/aromatic N) is 1. The van der Waals surface area contributed by atoms with E-state index in [0.29, 0.717) is 5.92 Å². The topological polar surface area (TPSA) is 12.9 Å². The largest absolute Gasteiger partial charge is 0.262 e. The van der Waals surface area contributed by atoms with Crippen LogP contribution >= 0.6 is 0 Å². The molecule has 0 aliphatic rings. The summed E-state index contributed by atoms with van der Waals surface area (Å²) in [5.74, 6) is 0.562. The maximum atomic E-state index is 4.27. The van der Waals surface area contributed by atoms with Crippen LogP contribution in [0.2, 0.25) is 0 Å². The van der Waals surface area contributed by atoms with Crippen LogP contribution in [0.15, 0.2) is 30.5 Å². The molecule has 0 atom stereocenters. The van der Waals surface area contributed by atoms with Crippen LogP contribution in [-0.4, -0.2) is 4.98 Å². The van der Waals surface area contributed by atoms with E-state index in [1.807, 2.05) is 13.1 Å². The standard InChI is InChI=1S/C17H21N/c1-11(2)16-8-12(3)9-17(14(16)5)15-6-7-18-13(4)10-15/h6-11H,1-5H3. The van der Waals surface area contributed by atoms with E-state index in [4.69, 9.17) is 0 Å². The minimum atomic E-state index is 0.562. The molecule has 1 aromatic carbocycles. The van der Waals surface area contributed by atoms with Crippen molar-refractivity contribution in [3.63, 3.8) is 0 Å². The third kappa shape index (κ3) is 2.45. The molecule has 94 valence electrons. The van der Waals surface area contributed by atoms with Crippen molar-refractivity contribution in [1.29, 1.82) is 0 Å². The molecule has 1 heterocycles. The molecule has 18 heavy (non-hydrogen) atoms. The first kappa shape index (κ1) is 12.8. The van der Waals surface area contributed by atoms with Gasteiger partial charge in [0.2, 0.25) is 0 Å². The molecular formula is C17H21N. The summed E-state index contributed by atoms with van der Waals surface area (Å²) in [5, 5.41) is 0. The molecule has 0 fully saturated rings. The van der Waals surface area contributed by atoms with Crippen LogP contribution in [0.1, 0.15) is 42.1 Å². The van der Waals surface area contributed by atoms with Crippen LogP contribution in [0.3, 0.4) is 0 Å². The van der Waals surface area contributed by atoms with Gasteiger partial charge in [0.25, 0.3) is 0 Å². The SMILES string of the molecule is Cc1cc(-c2ccnc(C)c2)c(C)c(C(C)C)c1. The maximum absolute atomic E-state index is 4.27. The van der Waals surface area contributed by atoms with Crippen LogP contribution in [0.25, 0.3) is 11.1 Å². The Morgan fingerprint density at radius 1 is 1.00 bits per heavy atom. The van der Waals surface area contributed by atoms with Crippen molar-refractivity contribution in [1.82, 2.24) is 4.98 Å². The first-order valence-electron chi connectivity index (χ1n) is 6.53. The molecule has 0 aliphatic heterocycles. The highest BCUT2D eigenvalue weighted by atomic mass is 14.6. The fourth-order valence-electron chi connectivity index (χ4n) is 2.50. The number of hydrogen-bond acceptors (Lipinski definition) is 1. The Balaban J connectivity index is 2.64. The normalized spacial score (nSPS) is 11.0. The number of pyridine rings is 1. The highest BCUT2D eigenvalue weighted by Crippen LogP contribution is 2.31. The minimum Gasteiger partial charge on any atom is -0.262 e. The van der Waals surface area contributed by atoms with Gasteiger partial charge < -0.3 is 0 Å². The van der Waals surface area contributed by atoms with Gasteiger partial charge in [-0.2, -0.15) is 0 Å². The van der Waals surface area contributed by atoms with E-state index in [-0.39, 0.29) is 0 Å². The third-order valence-electron chi connectivity index (χ3n) is 3.42. The summed E-state index contributed by atoms with van der Waals surface area (Å²) in [7, 11) is 0. The predicted molar refractivity (Wildman–Crippen MR) is 78.0 cm³/mol. The molecular weight excluding hydrogens is 218 g/mol. The third-order valence-corrected chi connectivity index (χ3v) is 3.42. The van der Waals surface area contributed by atoms with Crippen molar-refractivity contribution in [3.05, 3.63) is 52.8 Å². The second kappa shape index (κ2) is 4.93. The van der Waals surface area contributed by atoms with Gasteiger partial charge in [-0.1, -0.05) is 31.5 Å². The second-order valence-corrected chi connectivity index (χ2v) is 5.37. The van der Waals surface area contributed by atoms with Crippen molar-refractivity contribution >= 4 is 0 Å². The Hall–Kier alpha value is -1.63. The van der Waals surface area contributed by atoms with Gasteiger partial charge in [-0.05, 0) is 61.1 Å². The smallest absolute Gasteiger partial charge is 0.0378 e. The van der Waals surface area contributed by atoms with Gasteiger partial charge in [0, 0.05) is 11.9 Å². The van der Waals surface area contributed by atoms with Gasteiger partial charge in [0.1, 0.15) is 0 Å². The first-order chi connectivity index (χ1) is 8.49. The van der Waals surface area contributed by atoms with E-state index in [2.05, 4.69) is 56.9 Å². The summed E-state index contributed by atoms with van der Waals surface area (Å²) in [5.41, 5.74) is 7.84. The summed E-state index contributed by atoms with van der Waals surface area (Å²) in [6.07, 6.45) is 1.89. The van der Waals surface area contributed by atoms with Crippen LogP contribution < -0.4 is 0 Å². The molecule has 0 spiro atoms. The van der Waals surface area contributed by atoms with Crippen LogP contribution in [0.5, 0.6) is 0 Å². The molecule has 0 amide bonds. The second-order valence-electron chi connectivity index (χ2n) is 5.37. The number of aromatic nitrogens is 1. The van der Waals surface area contributed by atoms with E-state index in [0.717, 1.165) is 5.69 Å². The van der Waals surface area contributed by atoms with Gasteiger partial charge in [0.05, 0.1) is 0 Å². The van der Waals surface area contributed by atoms with Crippen molar-refractivity contribution in [2.24, 2.45) is 0 Å². The van der Waals surface area contributed by atoms with Crippen molar-refractivity contribution in [2.45, 2.75) is 40.5 Å². The summed E-state index contributed by atoms with van der Waals surface area (Å²) in [6.45, 7) is 10.9. The number of aryl methyl sites for hydroxylation is 2. The Morgan fingerprint density at radius 2 is 1.72 bits per heavy atom. The molecule has 0 unspecified atom stereocenters. The molecule has 1 nitrogen and oxygen atoms in total. The predicted octanol–water partition coefficient (Wildman–Crippen LogP) is 4.80. The van der Waals surface area contributed by atoms with Gasteiger partial charge in [-0.25, -0.2) is 0 Å². The van der Waals surface area contributed by atoms with E-state index >= 15 is 0 Å². The van der Waals surface area contributed by atoms with E-state index in [1.165, 1.54) is 27.8 Å². The Kier molecular flexibility index (Phi) is 3.51. The molecule has 1 aromatic heterocycles. The molecule has 1 heteroatoms. The zero-order chi connectivity index (χ0) is 13.3. The molecule has 0 saturated carbocycles. The molecule has 0 aliphatic carbocycles. The summed E-state index contributed by atoms with van der Waals surface area (Å²) in [6, 6.07) is 8.83. The minimum absolute atomic E-state index is 0.562. The fourth-order valence-corrected chi connectivity index (χ4v) is 2.50. The van der Waals surface area contributed by atoms with Crippen LogP contribution in [0, 0.1) is 20.8 Å². The Bertz CT molecular complexity index is 568. The lowest BCUT2D eigenvalue weighted by atomic mass is 9.89. The lowest BCUT2D eigenvalue weighted by molar-refractivity contribution is 0.855. The molecule has 0 saturated heterocycles. The fraction of sp³-hybridized carbons (Fsp3) is 0.353. The lowest BCUT2D eigenvalue weighted by Gasteiger charge is -2.16. The Labute approximate surface area is 110 Å². The van der Waals surface area contributed by atoms with Crippen molar-refractivity contribution in [2.75, 3.05) is 0 Å². The summed E-state index contributed by atoms with van der Waals surface area (Å²) < 4.78 is 0.